The summed E-state index contributed by atoms with van der Waals surface area (Å²) in [5, 5.41) is 0. The molecule has 0 N–H and O–H groups in total. The van der Waals surface area contributed by atoms with Crippen molar-refractivity contribution in [1.29, 1.82) is 0 Å². The van der Waals surface area contributed by atoms with E-state index in [0.29, 0.717) is 25.9 Å². The van der Waals surface area contributed by atoms with E-state index < -0.39 is 6.10 Å². The number of unbranched alkanes of at least 4 members (excludes halogenated alkanes) is 21. The second kappa shape index (κ2) is 54.2. The molecular weight excluding hydrogens is 789 g/mol. The van der Waals surface area contributed by atoms with Crippen LogP contribution in [0.25, 0.3) is 0 Å². The first-order valence-electron chi connectivity index (χ1n) is 26.8. The first-order chi connectivity index (χ1) is 31.6. The summed E-state index contributed by atoms with van der Waals surface area (Å²) in [6.45, 7) is 7.60. The molecule has 1 atom stereocenters. The maximum Gasteiger partial charge on any atom is 0.306 e. The topological polar surface area (TPSA) is 61.8 Å². The third-order valence-electron chi connectivity index (χ3n) is 11.1. The van der Waals surface area contributed by atoms with Crippen LogP contribution in [0.3, 0.4) is 0 Å². The van der Waals surface area contributed by atoms with Gasteiger partial charge in [-0.25, -0.2) is 0 Å². The molecule has 0 heterocycles. The molecule has 0 bridgehead atoms. The summed E-state index contributed by atoms with van der Waals surface area (Å²) in [5.41, 5.74) is 0. The molecule has 0 aromatic rings. The second-order valence-corrected chi connectivity index (χ2v) is 17.4. The molecule has 0 rings (SSSR count). The highest BCUT2D eigenvalue weighted by Crippen LogP contribution is 2.13. The van der Waals surface area contributed by atoms with Crippen molar-refractivity contribution in [3.63, 3.8) is 0 Å². The summed E-state index contributed by atoms with van der Waals surface area (Å²) in [4.78, 5) is 25.4. The van der Waals surface area contributed by atoms with E-state index in [9.17, 15) is 9.59 Å². The molecule has 0 aromatic heterocycles. The molecule has 0 saturated heterocycles. The molecule has 0 spiro atoms. The van der Waals surface area contributed by atoms with Crippen LogP contribution in [-0.2, 0) is 23.8 Å². The van der Waals surface area contributed by atoms with Crippen molar-refractivity contribution in [2.24, 2.45) is 0 Å². The van der Waals surface area contributed by atoms with Crippen molar-refractivity contribution in [1.82, 2.24) is 0 Å². The first kappa shape index (κ1) is 60.8. The minimum absolute atomic E-state index is 0.0356. The molecule has 0 aliphatic heterocycles. The number of hydrogen-bond donors (Lipinski definition) is 0. The Morgan fingerprint density at radius 2 is 0.734 bits per heavy atom. The summed E-state index contributed by atoms with van der Waals surface area (Å²) < 4.78 is 17.3. The van der Waals surface area contributed by atoms with Gasteiger partial charge in [-0.3, -0.25) is 9.59 Å². The average molecular weight is 889 g/mol. The number of carbonyl (C=O) groups excluding carboxylic acids is 2. The Balaban J connectivity index is 4.41. The number of esters is 2. The lowest BCUT2D eigenvalue weighted by Crippen LogP contribution is -2.30. The minimum atomic E-state index is -0.579. The van der Waals surface area contributed by atoms with Gasteiger partial charge < -0.3 is 14.2 Å². The Labute approximate surface area is 396 Å². The highest BCUT2D eigenvalue weighted by Gasteiger charge is 2.17. The van der Waals surface area contributed by atoms with Gasteiger partial charge in [-0.15, -0.1) is 0 Å². The number of rotatable bonds is 48. The monoisotopic (exact) mass is 889 g/mol. The molecule has 64 heavy (non-hydrogen) atoms. The highest BCUT2D eigenvalue weighted by molar-refractivity contribution is 5.70. The predicted octanol–water partition coefficient (Wildman–Crippen LogP) is 18.2. The molecule has 0 aliphatic carbocycles. The Bertz CT molecular complexity index is 1230. The fraction of sp³-hybridized carbons (Fsp3) is 0.695. The summed E-state index contributed by atoms with van der Waals surface area (Å²) in [5.74, 6) is -0.508. The maximum atomic E-state index is 12.8. The van der Waals surface area contributed by atoms with Crippen LogP contribution in [0.4, 0.5) is 0 Å². The van der Waals surface area contributed by atoms with E-state index in [0.717, 1.165) is 77.0 Å². The molecule has 5 heteroatoms. The lowest BCUT2D eigenvalue weighted by Gasteiger charge is -2.18. The van der Waals surface area contributed by atoms with Crippen molar-refractivity contribution in [3.05, 3.63) is 97.2 Å². The van der Waals surface area contributed by atoms with E-state index in [2.05, 4.69) is 112 Å². The summed E-state index contributed by atoms with van der Waals surface area (Å²) in [7, 11) is 0. The summed E-state index contributed by atoms with van der Waals surface area (Å²) in [6.07, 6.45) is 72.8. The quantitative estimate of drug-likeness (QED) is 0.0346. The van der Waals surface area contributed by atoms with Crippen molar-refractivity contribution in [2.75, 3.05) is 19.8 Å². The van der Waals surface area contributed by atoms with Crippen LogP contribution in [0.2, 0.25) is 0 Å². The van der Waals surface area contributed by atoms with Crippen molar-refractivity contribution >= 4 is 11.9 Å². The molecule has 0 amide bonds. The van der Waals surface area contributed by atoms with Gasteiger partial charge in [-0.05, 0) is 109 Å². The Kier molecular flexibility index (Phi) is 51.5. The summed E-state index contributed by atoms with van der Waals surface area (Å²) in [6, 6.07) is 0. The van der Waals surface area contributed by atoms with Crippen LogP contribution < -0.4 is 0 Å². The maximum absolute atomic E-state index is 12.8. The van der Waals surface area contributed by atoms with E-state index in [1.165, 1.54) is 122 Å². The van der Waals surface area contributed by atoms with E-state index >= 15 is 0 Å². The third kappa shape index (κ3) is 51.5. The lowest BCUT2D eigenvalue weighted by atomic mass is 10.1. The smallest absolute Gasteiger partial charge is 0.306 e. The van der Waals surface area contributed by atoms with E-state index in [-0.39, 0.29) is 25.2 Å². The zero-order chi connectivity index (χ0) is 46.3. The molecule has 0 fully saturated rings. The zero-order valence-corrected chi connectivity index (χ0v) is 42.0. The van der Waals surface area contributed by atoms with Gasteiger partial charge in [0.15, 0.2) is 6.10 Å². The van der Waals surface area contributed by atoms with E-state index in [4.69, 9.17) is 14.2 Å². The number of ether oxygens (including phenoxy) is 3. The van der Waals surface area contributed by atoms with Crippen LogP contribution in [0.5, 0.6) is 0 Å². The van der Waals surface area contributed by atoms with Gasteiger partial charge in [-0.2, -0.15) is 0 Å². The second-order valence-electron chi connectivity index (χ2n) is 17.4. The first-order valence-corrected chi connectivity index (χ1v) is 26.8. The minimum Gasteiger partial charge on any atom is -0.462 e. The van der Waals surface area contributed by atoms with Crippen LogP contribution in [0, 0.1) is 0 Å². The molecular formula is C59H100O5. The standard InChI is InChI=1S/C59H100O5/c1-4-7-10-13-16-19-22-25-28-29-30-31-33-34-37-40-43-46-49-52-58(60)63-56-57(55-62-54-51-48-45-42-39-36-27-24-21-18-15-12-9-6-3)64-59(61)53-50-47-44-41-38-35-32-26-23-20-17-14-11-8-5-2/h7,10,16,19,21,24-26,28,30-32,34,37,43,46,57H,4-6,8-9,11-15,17-18,20,22-23,27,29,33,35-36,38-42,44-45,47-56H2,1-3H3/b10-7-,19-16-,24-21-,28-25-,31-30-,32-26-,37-34-,46-43-. The Hall–Kier alpha value is -3.18. The molecule has 0 saturated carbocycles. The van der Waals surface area contributed by atoms with Crippen LogP contribution in [0.1, 0.15) is 239 Å². The van der Waals surface area contributed by atoms with Gasteiger partial charge in [0.1, 0.15) is 6.61 Å². The van der Waals surface area contributed by atoms with Gasteiger partial charge >= 0.3 is 11.9 Å². The predicted molar refractivity (Wildman–Crippen MR) is 279 cm³/mol. The molecule has 0 aromatic carbocycles. The Morgan fingerprint density at radius 3 is 1.20 bits per heavy atom. The SMILES string of the molecule is CC/C=C\C/C=C\C/C=C\C/C=C\C/C=C\C/C=C\CCC(=O)OCC(COCCCCCCCC/C=C\CCCCCC)OC(=O)CCCCCCC/C=C\CCCCCCCC. The van der Waals surface area contributed by atoms with Crippen molar-refractivity contribution in [2.45, 2.75) is 245 Å². The van der Waals surface area contributed by atoms with E-state index in [1.54, 1.807) is 0 Å². The number of hydrogen-bond acceptors (Lipinski definition) is 5. The molecule has 366 valence electrons. The van der Waals surface area contributed by atoms with Crippen molar-refractivity contribution in [3.8, 4) is 0 Å². The van der Waals surface area contributed by atoms with E-state index in [1.807, 2.05) is 6.08 Å². The average Bonchev–Trinajstić information content (AvgIpc) is 3.30. The van der Waals surface area contributed by atoms with Gasteiger partial charge in [0.05, 0.1) is 6.61 Å². The van der Waals surface area contributed by atoms with Crippen molar-refractivity contribution < 1.29 is 23.8 Å². The molecule has 1 unspecified atom stereocenters. The van der Waals surface area contributed by atoms with Crippen LogP contribution >= 0.6 is 0 Å². The van der Waals surface area contributed by atoms with Crippen LogP contribution in [-0.4, -0.2) is 37.9 Å². The largest absolute Gasteiger partial charge is 0.462 e. The Morgan fingerprint density at radius 1 is 0.359 bits per heavy atom. The molecule has 0 radical (unpaired) electrons. The zero-order valence-electron chi connectivity index (χ0n) is 42.0. The van der Waals surface area contributed by atoms with Gasteiger partial charge in [0.25, 0.3) is 0 Å². The number of allylic oxidation sites excluding steroid dienone is 16. The lowest BCUT2D eigenvalue weighted by molar-refractivity contribution is -0.162. The van der Waals surface area contributed by atoms with Gasteiger partial charge in [0, 0.05) is 19.4 Å². The fourth-order valence-corrected chi connectivity index (χ4v) is 7.11. The highest BCUT2D eigenvalue weighted by atomic mass is 16.6. The molecule has 5 nitrogen and oxygen atoms in total. The van der Waals surface area contributed by atoms with Gasteiger partial charge in [0.2, 0.25) is 0 Å². The number of carbonyl (C=O) groups is 2. The normalized spacial score (nSPS) is 13.0. The third-order valence-corrected chi connectivity index (χ3v) is 11.1. The van der Waals surface area contributed by atoms with Crippen LogP contribution in [0.15, 0.2) is 97.2 Å². The molecule has 0 aliphatic rings. The summed E-state index contributed by atoms with van der Waals surface area (Å²) >= 11 is 0. The van der Waals surface area contributed by atoms with Gasteiger partial charge in [-0.1, -0.05) is 214 Å². The fourth-order valence-electron chi connectivity index (χ4n) is 7.11.